The van der Waals surface area contributed by atoms with E-state index in [1.165, 1.54) is 11.3 Å². The van der Waals surface area contributed by atoms with Gasteiger partial charge in [0.05, 0.1) is 17.5 Å². The minimum Gasteiger partial charge on any atom is -0.369 e. The Morgan fingerprint density at radius 3 is 2.52 bits per heavy atom. The smallest absolute Gasteiger partial charge is 0.277 e. The van der Waals surface area contributed by atoms with Crippen LogP contribution in [0.25, 0.3) is 0 Å². The summed E-state index contributed by atoms with van der Waals surface area (Å²) in [7, 11) is -4.10. The fourth-order valence-electron chi connectivity index (χ4n) is 4.47. The molecule has 2 unspecified atom stereocenters. The summed E-state index contributed by atoms with van der Waals surface area (Å²) in [5.74, 6) is -1.70. The van der Waals surface area contributed by atoms with Gasteiger partial charge in [-0.1, -0.05) is 11.6 Å². The zero-order chi connectivity index (χ0) is 22.3. The normalized spacial score (nSPS) is 21.6. The number of carbonyl (C=O) groups is 2. The monoisotopic (exact) mass is 482 g/mol. The predicted octanol–water partition coefficient (Wildman–Crippen LogP) is 2.58. The minimum atomic E-state index is -4.10. The number of nitrogens with zero attached hydrogens (tertiary/aromatic N) is 1. The van der Waals surface area contributed by atoms with Gasteiger partial charge in [0.25, 0.3) is 16.1 Å². The molecule has 1 aromatic carbocycles. The van der Waals surface area contributed by atoms with Gasteiger partial charge < -0.3 is 11.1 Å². The molecule has 0 bridgehead atoms. The maximum Gasteiger partial charge on any atom is 0.277 e. The fourth-order valence-corrected chi connectivity index (χ4v) is 7.19. The summed E-state index contributed by atoms with van der Waals surface area (Å²) in [6.07, 6.45) is 3.36. The highest BCUT2D eigenvalue weighted by molar-refractivity contribution is 7.86. The zero-order valence-electron chi connectivity index (χ0n) is 16.6. The number of halogens is 1. The van der Waals surface area contributed by atoms with E-state index in [2.05, 4.69) is 5.32 Å². The molecule has 166 valence electrons. The summed E-state index contributed by atoms with van der Waals surface area (Å²) in [4.78, 5) is 27.2. The van der Waals surface area contributed by atoms with Crippen LogP contribution in [0, 0.1) is 5.92 Å². The largest absolute Gasteiger partial charge is 0.369 e. The van der Waals surface area contributed by atoms with Crippen molar-refractivity contribution in [2.24, 2.45) is 16.8 Å². The van der Waals surface area contributed by atoms with E-state index in [4.69, 9.17) is 22.5 Å². The number of rotatable bonds is 5. The molecule has 2 heterocycles. The predicted molar refractivity (Wildman–Crippen MR) is 120 cm³/mol. The van der Waals surface area contributed by atoms with E-state index in [1.807, 2.05) is 0 Å². The summed E-state index contributed by atoms with van der Waals surface area (Å²) in [6.45, 7) is 0.175. The number of nitrogens with two attached hydrogens (primary N) is 2. The Bertz CT molecular complexity index is 1130. The van der Waals surface area contributed by atoms with Crippen LogP contribution >= 0.6 is 22.9 Å². The van der Waals surface area contributed by atoms with Crippen LogP contribution in [-0.4, -0.2) is 31.1 Å². The lowest BCUT2D eigenvalue weighted by Gasteiger charge is -2.38. The van der Waals surface area contributed by atoms with Gasteiger partial charge in [-0.3, -0.25) is 9.59 Å². The molecule has 0 saturated carbocycles. The average Bonchev–Trinajstić information content (AvgIpc) is 3.29. The number of fused-ring (bicyclic) bond motifs is 1. The number of hydrogen-bond acceptors (Lipinski definition) is 5. The van der Waals surface area contributed by atoms with E-state index < -0.39 is 28.1 Å². The highest BCUT2D eigenvalue weighted by atomic mass is 35.5. The molecule has 2 aromatic rings. The van der Waals surface area contributed by atoms with Crippen molar-refractivity contribution in [3.05, 3.63) is 50.2 Å². The molecule has 0 spiro atoms. The minimum absolute atomic E-state index is 0.175. The Labute approximate surface area is 189 Å². The fraction of sp³-hybridized carbons (Fsp3) is 0.400. The molecule has 2 atom stereocenters. The van der Waals surface area contributed by atoms with E-state index >= 15 is 0 Å². The number of benzene rings is 1. The molecule has 1 saturated heterocycles. The lowest BCUT2D eigenvalue weighted by atomic mass is 9.87. The number of aryl methyl sites for hydroxylation is 1. The number of primary amides is 1. The van der Waals surface area contributed by atoms with Crippen LogP contribution < -0.4 is 16.2 Å². The quantitative estimate of drug-likeness (QED) is 0.603. The van der Waals surface area contributed by atoms with Crippen molar-refractivity contribution in [1.82, 2.24) is 4.31 Å². The average molecular weight is 483 g/mol. The first-order valence-electron chi connectivity index (χ1n) is 9.97. The van der Waals surface area contributed by atoms with Gasteiger partial charge >= 0.3 is 0 Å². The Balaban J connectivity index is 1.81. The third-order valence-corrected chi connectivity index (χ3v) is 8.50. The van der Waals surface area contributed by atoms with Crippen LogP contribution in [0.3, 0.4) is 0 Å². The molecule has 1 aliphatic heterocycles. The molecule has 11 heteroatoms. The van der Waals surface area contributed by atoms with E-state index in [0.717, 1.165) is 34.0 Å². The maximum absolute atomic E-state index is 13.4. The van der Waals surface area contributed by atoms with Gasteiger partial charge in [0.15, 0.2) is 0 Å². The molecule has 4 rings (SSSR count). The Morgan fingerprint density at radius 1 is 1.16 bits per heavy atom. The molecular formula is C20H23ClN4O4S2. The number of piperidine rings is 1. The topological polar surface area (TPSA) is 136 Å². The van der Waals surface area contributed by atoms with E-state index in [0.29, 0.717) is 34.0 Å². The standard InChI is InChI=1S/C20H23ClN4O4S2/c21-11-6-8-12(9-7-11)24-20(27)16-13-3-1-5-15(13)30-18(16)17-14(19(22)26)4-2-10-25(17)31(23,28)29/h6-9,14,17H,1-5,10H2,(H2,22,26)(H,24,27)(H2,23,28,29). The van der Waals surface area contributed by atoms with Crippen LogP contribution in [-0.2, 0) is 27.8 Å². The second-order valence-electron chi connectivity index (χ2n) is 7.81. The molecule has 0 radical (unpaired) electrons. The third kappa shape index (κ3) is 4.35. The zero-order valence-corrected chi connectivity index (χ0v) is 19.0. The van der Waals surface area contributed by atoms with Crippen molar-refractivity contribution in [3.8, 4) is 0 Å². The molecule has 1 fully saturated rings. The number of amides is 2. The third-order valence-electron chi connectivity index (χ3n) is 5.82. The highest BCUT2D eigenvalue weighted by Gasteiger charge is 2.44. The SMILES string of the molecule is NC(=O)C1CCCN(S(N)(=O)=O)C1c1sc2c(c1C(=O)Nc1ccc(Cl)cc1)CCC2. The van der Waals surface area contributed by atoms with Gasteiger partial charge in [0.2, 0.25) is 5.91 Å². The molecule has 5 N–H and O–H groups in total. The summed E-state index contributed by atoms with van der Waals surface area (Å²) >= 11 is 7.31. The lowest BCUT2D eigenvalue weighted by molar-refractivity contribution is -0.124. The van der Waals surface area contributed by atoms with Gasteiger partial charge in [-0.2, -0.15) is 12.7 Å². The Hall–Kier alpha value is -1.98. The number of carbonyl (C=O) groups excluding carboxylic acids is 2. The first-order valence-corrected chi connectivity index (χ1v) is 12.7. The first kappa shape index (κ1) is 22.2. The van der Waals surface area contributed by atoms with Gasteiger partial charge in [-0.25, -0.2) is 5.14 Å². The molecule has 2 aliphatic rings. The van der Waals surface area contributed by atoms with Crippen LogP contribution in [0.4, 0.5) is 5.69 Å². The second-order valence-corrected chi connectivity index (χ2v) is 10.9. The van der Waals surface area contributed by atoms with E-state index in [9.17, 15) is 18.0 Å². The molecular weight excluding hydrogens is 460 g/mol. The highest BCUT2D eigenvalue weighted by Crippen LogP contribution is 2.46. The van der Waals surface area contributed by atoms with Crippen LogP contribution in [0.5, 0.6) is 0 Å². The van der Waals surface area contributed by atoms with Crippen LogP contribution in [0.1, 0.15) is 51.0 Å². The first-order chi connectivity index (χ1) is 14.7. The van der Waals surface area contributed by atoms with Gasteiger partial charge in [0.1, 0.15) is 0 Å². The number of nitrogens with one attached hydrogen (secondary N) is 1. The van der Waals surface area contributed by atoms with Crippen molar-refractivity contribution < 1.29 is 18.0 Å². The van der Waals surface area contributed by atoms with Gasteiger partial charge in [-0.15, -0.1) is 11.3 Å². The van der Waals surface area contributed by atoms with E-state index in [1.54, 1.807) is 24.3 Å². The second kappa shape index (κ2) is 8.51. The summed E-state index contributed by atoms with van der Waals surface area (Å²) in [6, 6.07) is 5.83. The summed E-state index contributed by atoms with van der Waals surface area (Å²) in [5, 5.41) is 8.91. The Morgan fingerprint density at radius 2 is 1.87 bits per heavy atom. The van der Waals surface area contributed by atoms with Crippen molar-refractivity contribution in [2.75, 3.05) is 11.9 Å². The summed E-state index contributed by atoms with van der Waals surface area (Å²) < 4.78 is 25.8. The summed E-state index contributed by atoms with van der Waals surface area (Å²) in [5.41, 5.74) is 7.55. The number of hydrogen-bond donors (Lipinski definition) is 3. The van der Waals surface area contributed by atoms with Crippen molar-refractivity contribution in [1.29, 1.82) is 0 Å². The molecule has 8 nitrogen and oxygen atoms in total. The lowest BCUT2D eigenvalue weighted by Crippen LogP contribution is -2.49. The van der Waals surface area contributed by atoms with Gasteiger partial charge in [-0.05, 0) is 61.9 Å². The van der Waals surface area contributed by atoms with Crippen LogP contribution in [0.15, 0.2) is 24.3 Å². The van der Waals surface area contributed by atoms with Gasteiger partial charge in [0, 0.05) is 27.0 Å². The number of thiophene rings is 1. The molecule has 31 heavy (non-hydrogen) atoms. The molecule has 1 aromatic heterocycles. The van der Waals surface area contributed by atoms with E-state index in [-0.39, 0.29) is 12.5 Å². The molecule has 1 aliphatic carbocycles. The van der Waals surface area contributed by atoms with Crippen LogP contribution in [0.2, 0.25) is 5.02 Å². The maximum atomic E-state index is 13.4. The van der Waals surface area contributed by atoms with Crippen molar-refractivity contribution in [3.63, 3.8) is 0 Å². The van der Waals surface area contributed by atoms with Crippen molar-refractivity contribution in [2.45, 2.75) is 38.1 Å². The molecule has 2 amide bonds. The van der Waals surface area contributed by atoms with Crippen molar-refractivity contribution >= 4 is 50.6 Å². The number of anilines is 1. The Kier molecular flexibility index (Phi) is 6.10.